The van der Waals surface area contributed by atoms with Crippen molar-refractivity contribution in [3.8, 4) is 6.07 Å². The van der Waals surface area contributed by atoms with Crippen molar-refractivity contribution in [1.29, 1.82) is 5.26 Å². The lowest BCUT2D eigenvalue weighted by atomic mass is 10.2. The van der Waals surface area contributed by atoms with Crippen LogP contribution < -0.4 is 5.73 Å². The molecule has 11 heteroatoms. The van der Waals surface area contributed by atoms with Gasteiger partial charge in [-0.05, 0) is 30.7 Å². The van der Waals surface area contributed by atoms with Gasteiger partial charge in [-0.25, -0.2) is 8.42 Å². The molecule has 0 radical (unpaired) electrons. The van der Waals surface area contributed by atoms with E-state index in [4.69, 9.17) is 11.0 Å². The molecule has 0 aromatic carbocycles. The predicted molar refractivity (Wildman–Crippen MR) is 100 cm³/mol. The van der Waals surface area contributed by atoms with Crippen molar-refractivity contribution in [3.63, 3.8) is 0 Å². The highest BCUT2D eigenvalue weighted by molar-refractivity contribution is 7.89. The minimum Gasteiger partial charge on any atom is -0.335 e. The summed E-state index contributed by atoms with van der Waals surface area (Å²) in [5, 5.41) is 12.4. The van der Waals surface area contributed by atoms with Crippen LogP contribution in [0.15, 0.2) is 21.7 Å². The van der Waals surface area contributed by atoms with Gasteiger partial charge in [-0.3, -0.25) is 9.59 Å². The molecular formula is C17H21N5O4S2. The van der Waals surface area contributed by atoms with E-state index < -0.39 is 28.1 Å². The van der Waals surface area contributed by atoms with E-state index in [0.717, 1.165) is 6.42 Å². The second-order valence-electron chi connectivity index (χ2n) is 7.35. The van der Waals surface area contributed by atoms with Crippen LogP contribution in [0.3, 0.4) is 0 Å². The minimum absolute atomic E-state index is 0.0415. The molecule has 2 bridgehead atoms. The molecule has 150 valence electrons. The molecule has 9 nitrogen and oxygen atoms in total. The van der Waals surface area contributed by atoms with E-state index >= 15 is 0 Å². The van der Waals surface area contributed by atoms with Gasteiger partial charge < -0.3 is 15.5 Å². The van der Waals surface area contributed by atoms with Crippen molar-refractivity contribution in [2.75, 3.05) is 19.6 Å². The smallest absolute Gasteiger partial charge is 0.244 e. The van der Waals surface area contributed by atoms with Gasteiger partial charge in [0.1, 0.15) is 18.1 Å². The summed E-state index contributed by atoms with van der Waals surface area (Å²) in [6.07, 6.45) is 1.81. The standard InChI is InChI=1S/C17H21N5O4S2/c18-7-11-2-1-4-20(11)16(23)14(19)9-21-12-6-15(17(21)24)22(8-12)28(25,26)13-3-5-27-10-13/h3,5,10-12,14-15H,1-2,4,6,8-9,19H2/t11-,12-,14-,15?/m0/s1. The molecule has 2 amide bonds. The lowest BCUT2D eigenvalue weighted by Crippen LogP contribution is -2.57. The highest BCUT2D eigenvalue weighted by Gasteiger charge is 2.54. The maximum absolute atomic E-state index is 12.8. The van der Waals surface area contributed by atoms with Crippen molar-refractivity contribution in [2.24, 2.45) is 5.73 Å². The maximum Gasteiger partial charge on any atom is 0.244 e. The molecule has 1 aromatic rings. The number of rotatable bonds is 5. The van der Waals surface area contributed by atoms with Gasteiger partial charge in [0.2, 0.25) is 21.8 Å². The number of fused-ring (bicyclic) bond motifs is 2. The van der Waals surface area contributed by atoms with Crippen LogP contribution in [0.25, 0.3) is 0 Å². The van der Waals surface area contributed by atoms with Crippen LogP contribution in [0, 0.1) is 11.3 Å². The summed E-state index contributed by atoms with van der Waals surface area (Å²) >= 11 is 1.29. The lowest BCUT2D eigenvalue weighted by Gasteiger charge is -2.35. The maximum atomic E-state index is 12.8. The largest absolute Gasteiger partial charge is 0.335 e. The van der Waals surface area contributed by atoms with Crippen LogP contribution >= 0.6 is 11.3 Å². The Kier molecular flexibility index (Phi) is 4.91. The zero-order valence-electron chi connectivity index (χ0n) is 15.1. The first-order valence-electron chi connectivity index (χ1n) is 9.15. The van der Waals surface area contributed by atoms with Gasteiger partial charge in [0.05, 0.1) is 11.0 Å². The van der Waals surface area contributed by atoms with Crippen molar-refractivity contribution < 1.29 is 18.0 Å². The summed E-state index contributed by atoms with van der Waals surface area (Å²) in [6, 6.07) is 1.24. The van der Waals surface area contributed by atoms with Crippen LogP contribution in [0.2, 0.25) is 0 Å². The average Bonchev–Trinajstić information content (AvgIpc) is 3.45. The molecule has 3 aliphatic heterocycles. The molecule has 4 atom stereocenters. The summed E-state index contributed by atoms with van der Waals surface area (Å²) in [6.45, 7) is 0.747. The number of likely N-dealkylation sites (tertiary alicyclic amines) is 2. The fourth-order valence-electron chi connectivity index (χ4n) is 4.31. The highest BCUT2D eigenvalue weighted by atomic mass is 32.2. The van der Waals surface area contributed by atoms with Crippen molar-refractivity contribution in [3.05, 3.63) is 16.8 Å². The molecule has 0 spiro atoms. The Morgan fingerprint density at radius 2 is 2.25 bits per heavy atom. The molecule has 4 heterocycles. The molecule has 3 saturated heterocycles. The second kappa shape index (κ2) is 7.11. The highest BCUT2D eigenvalue weighted by Crippen LogP contribution is 2.36. The lowest BCUT2D eigenvalue weighted by molar-refractivity contribution is -0.137. The van der Waals surface area contributed by atoms with Gasteiger partial charge in [0.25, 0.3) is 0 Å². The summed E-state index contributed by atoms with van der Waals surface area (Å²) < 4.78 is 26.8. The van der Waals surface area contributed by atoms with Gasteiger partial charge in [-0.15, -0.1) is 0 Å². The van der Waals surface area contributed by atoms with Crippen molar-refractivity contribution >= 4 is 33.2 Å². The molecule has 2 N–H and O–H groups in total. The molecule has 28 heavy (non-hydrogen) atoms. The Hall–Kier alpha value is -2.00. The fourth-order valence-corrected chi connectivity index (χ4v) is 6.96. The normalized spacial score (nSPS) is 28.7. The molecule has 1 unspecified atom stereocenters. The Bertz CT molecular complexity index is 926. The first-order valence-corrected chi connectivity index (χ1v) is 11.5. The number of hydrogen-bond donors (Lipinski definition) is 1. The molecule has 0 aliphatic carbocycles. The average molecular weight is 424 g/mol. The van der Waals surface area contributed by atoms with Crippen LogP contribution in [0.1, 0.15) is 19.3 Å². The Morgan fingerprint density at radius 3 is 2.89 bits per heavy atom. The van der Waals surface area contributed by atoms with E-state index in [2.05, 4.69) is 6.07 Å². The van der Waals surface area contributed by atoms with Gasteiger partial charge in [0, 0.05) is 31.1 Å². The van der Waals surface area contributed by atoms with Crippen LogP contribution in [-0.4, -0.2) is 78.1 Å². The molecule has 4 rings (SSSR count). The van der Waals surface area contributed by atoms with Crippen molar-refractivity contribution in [1.82, 2.24) is 14.1 Å². The number of hydrogen-bond acceptors (Lipinski definition) is 7. The van der Waals surface area contributed by atoms with Gasteiger partial charge >= 0.3 is 0 Å². The number of thiophene rings is 1. The van der Waals surface area contributed by atoms with E-state index in [1.54, 1.807) is 10.8 Å². The summed E-state index contributed by atoms with van der Waals surface area (Å²) in [5.74, 6) is -0.640. The SMILES string of the molecule is N#C[C@@H]1CCCN1C(=O)[C@@H](N)CN1C(=O)C2C[C@H]1CN2S(=O)(=O)c1ccsc1. The quantitative estimate of drug-likeness (QED) is 0.684. The van der Waals surface area contributed by atoms with Crippen LogP contribution in [-0.2, 0) is 19.6 Å². The summed E-state index contributed by atoms with van der Waals surface area (Å²) in [7, 11) is -3.70. The third-order valence-electron chi connectivity index (χ3n) is 5.74. The zero-order valence-corrected chi connectivity index (χ0v) is 16.7. The first kappa shape index (κ1) is 19.3. The van der Waals surface area contributed by atoms with Gasteiger partial charge in [-0.2, -0.15) is 20.9 Å². The Labute approximate surface area is 167 Å². The Balaban J connectivity index is 1.43. The fraction of sp³-hybridized carbons (Fsp3) is 0.588. The Morgan fingerprint density at radius 1 is 1.46 bits per heavy atom. The predicted octanol–water partition coefficient (Wildman–Crippen LogP) is -0.436. The number of piperazine rings is 1. The number of nitrogens with two attached hydrogens (primary N) is 1. The summed E-state index contributed by atoms with van der Waals surface area (Å²) in [5.41, 5.74) is 6.06. The number of nitrogens with zero attached hydrogens (tertiary/aromatic N) is 4. The van der Waals surface area contributed by atoms with Crippen LogP contribution in [0.4, 0.5) is 0 Å². The topological polar surface area (TPSA) is 128 Å². The number of carbonyl (C=O) groups is 2. The zero-order chi connectivity index (χ0) is 20.1. The van der Waals surface area contributed by atoms with E-state index in [0.29, 0.717) is 19.4 Å². The number of sulfonamides is 1. The number of carbonyl (C=O) groups excluding carboxylic acids is 2. The van der Waals surface area contributed by atoms with E-state index in [-0.39, 0.29) is 35.8 Å². The third-order valence-corrected chi connectivity index (χ3v) is 8.44. The van der Waals surface area contributed by atoms with E-state index in [1.807, 2.05) is 0 Å². The third kappa shape index (κ3) is 3.00. The number of amides is 2. The second-order valence-corrected chi connectivity index (χ2v) is 10.0. The molecule has 1 aromatic heterocycles. The first-order chi connectivity index (χ1) is 13.3. The van der Waals surface area contributed by atoms with Crippen LogP contribution in [0.5, 0.6) is 0 Å². The van der Waals surface area contributed by atoms with Crippen molar-refractivity contribution in [2.45, 2.75) is 48.3 Å². The van der Waals surface area contributed by atoms with E-state index in [1.165, 1.54) is 31.5 Å². The molecule has 0 saturated carbocycles. The van der Waals surface area contributed by atoms with Gasteiger partial charge in [0.15, 0.2) is 0 Å². The molecular weight excluding hydrogens is 402 g/mol. The monoisotopic (exact) mass is 423 g/mol. The van der Waals surface area contributed by atoms with E-state index in [9.17, 15) is 18.0 Å². The number of nitriles is 1. The summed E-state index contributed by atoms with van der Waals surface area (Å²) in [4.78, 5) is 28.6. The van der Waals surface area contributed by atoms with Gasteiger partial charge in [-0.1, -0.05) is 0 Å². The molecule has 3 fully saturated rings. The minimum atomic E-state index is -3.70. The molecule has 3 aliphatic rings.